The lowest BCUT2D eigenvalue weighted by atomic mass is 9.86. The van der Waals surface area contributed by atoms with E-state index in [-0.39, 0.29) is 5.92 Å². The Morgan fingerprint density at radius 3 is 2.65 bits per heavy atom. The molecule has 0 spiro atoms. The first-order valence-electron chi connectivity index (χ1n) is 7.26. The van der Waals surface area contributed by atoms with Crippen LogP contribution in [0.25, 0.3) is 0 Å². The Morgan fingerprint density at radius 2 is 2.20 bits per heavy atom. The third-order valence-electron chi connectivity index (χ3n) is 3.94. The number of nitrogens with zero attached hydrogens (tertiary/aromatic N) is 1. The van der Waals surface area contributed by atoms with E-state index in [9.17, 15) is 14.7 Å². The summed E-state index contributed by atoms with van der Waals surface area (Å²) in [7, 11) is 0. The van der Waals surface area contributed by atoms with E-state index in [1.807, 2.05) is 13.8 Å². The SMILES string of the molecule is CC[C@@H](C)[C@@H](C(=O)O)[C@H](C)N(C=O)OC1CCCCO1. The van der Waals surface area contributed by atoms with E-state index in [1.165, 1.54) is 0 Å². The molecule has 4 atom stereocenters. The fourth-order valence-electron chi connectivity index (χ4n) is 2.48. The molecule has 1 fully saturated rings. The smallest absolute Gasteiger partial charge is 0.308 e. The maximum absolute atomic E-state index is 11.4. The summed E-state index contributed by atoms with van der Waals surface area (Å²) in [6.07, 6.45) is 3.51. The third kappa shape index (κ3) is 4.45. The van der Waals surface area contributed by atoms with Crippen LogP contribution in [0.5, 0.6) is 0 Å². The van der Waals surface area contributed by atoms with E-state index in [4.69, 9.17) is 9.57 Å². The Labute approximate surface area is 120 Å². The first-order chi connectivity index (χ1) is 9.51. The van der Waals surface area contributed by atoms with Gasteiger partial charge >= 0.3 is 5.97 Å². The number of carboxylic acids is 1. The number of amides is 1. The lowest BCUT2D eigenvalue weighted by Crippen LogP contribution is -2.46. The van der Waals surface area contributed by atoms with Crippen LogP contribution in [0.4, 0.5) is 0 Å². The Balaban J connectivity index is 2.69. The van der Waals surface area contributed by atoms with Crippen molar-refractivity contribution in [3.63, 3.8) is 0 Å². The highest BCUT2D eigenvalue weighted by molar-refractivity contribution is 5.71. The first-order valence-corrected chi connectivity index (χ1v) is 7.26. The summed E-state index contributed by atoms with van der Waals surface area (Å²) in [4.78, 5) is 28.1. The fraction of sp³-hybridized carbons (Fsp3) is 0.857. The zero-order valence-electron chi connectivity index (χ0n) is 12.4. The monoisotopic (exact) mass is 287 g/mol. The van der Waals surface area contributed by atoms with Gasteiger partial charge in [-0.3, -0.25) is 9.59 Å². The van der Waals surface area contributed by atoms with Crippen LogP contribution in [-0.4, -0.2) is 41.5 Å². The standard InChI is InChI=1S/C14H25NO5/c1-4-10(2)13(14(17)18)11(3)15(9-16)20-12-7-5-6-8-19-12/h9-13H,4-8H2,1-3H3,(H,17,18)/t10-,11+,12?,13-/m1/s1. The normalized spacial score (nSPS) is 23.6. The quantitative estimate of drug-likeness (QED) is 0.546. The van der Waals surface area contributed by atoms with Gasteiger partial charge in [-0.1, -0.05) is 20.3 Å². The molecule has 116 valence electrons. The zero-order valence-corrected chi connectivity index (χ0v) is 12.4. The number of rotatable bonds is 8. The molecule has 1 aliphatic heterocycles. The Bertz CT molecular complexity index is 317. The maximum Gasteiger partial charge on any atom is 0.308 e. The number of carbonyl (C=O) groups excluding carboxylic acids is 1. The van der Waals surface area contributed by atoms with Gasteiger partial charge in [0.1, 0.15) is 0 Å². The number of ether oxygens (including phenoxy) is 1. The van der Waals surface area contributed by atoms with Gasteiger partial charge in [0, 0.05) is 13.0 Å². The number of carbonyl (C=O) groups is 2. The number of hydrogen-bond acceptors (Lipinski definition) is 4. The van der Waals surface area contributed by atoms with Crippen LogP contribution in [0.3, 0.4) is 0 Å². The van der Waals surface area contributed by atoms with E-state index in [0.29, 0.717) is 13.0 Å². The molecule has 0 aliphatic carbocycles. The molecule has 0 aromatic rings. The molecule has 20 heavy (non-hydrogen) atoms. The number of hydroxylamine groups is 2. The highest BCUT2D eigenvalue weighted by atomic mass is 16.8. The maximum atomic E-state index is 11.4. The Kier molecular flexibility index (Phi) is 6.95. The molecule has 1 saturated heterocycles. The van der Waals surface area contributed by atoms with Gasteiger partial charge in [-0.2, -0.15) is 0 Å². The lowest BCUT2D eigenvalue weighted by molar-refractivity contribution is -0.288. The molecule has 0 saturated carbocycles. The van der Waals surface area contributed by atoms with E-state index in [2.05, 4.69) is 0 Å². The molecule has 0 aromatic carbocycles. The fourth-order valence-corrected chi connectivity index (χ4v) is 2.48. The van der Waals surface area contributed by atoms with E-state index >= 15 is 0 Å². The van der Waals surface area contributed by atoms with Crippen molar-refractivity contribution in [3.8, 4) is 0 Å². The number of carboxylic acid groups (broad SMARTS) is 1. The molecule has 1 rings (SSSR count). The van der Waals surface area contributed by atoms with Gasteiger partial charge in [0.15, 0.2) is 6.29 Å². The summed E-state index contributed by atoms with van der Waals surface area (Å²) in [5.41, 5.74) is 0. The highest BCUT2D eigenvalue weighted by Crippen LogP contribution is 2.24. The summed E-state index contributed by atoms with van der Waals surface area (Å²) in [5, 5.41) is 10.5. The van der Waals surface area contributed by atoms with Gasteiger partial charge in [0.25, 0.3) is 0 Å². The summed E-state index contributed by atoms with van der Waals surface area (Å²) >= 11 is 0. The minimum atomic E-state index is -0.910. The summed E-state index contributed by atoms with van der Waals surface area (Å²) < 4.78 is 5.42. The van der Waals surface area contributed by atoms with E-state index < -0.39 is 24.2 Å². The summed E-state index contributed by atoms with van der Waals surface area (Å²) in [6.45, 7) is 6.11. The molecule has 1 heterocycles. The third-order valence-corrected chi connectivity index (χ3v) is 3.94. The van der Waals surface area contributed by atoms with Gasteiger partial charge < -0.3 is 9.84 Å². The lowest BCUT2D eigenvalue weighted by Gasteiger charge is -2.34. The summed E-state index contributed by atoms with van der Waals surface area (Å²) in [6, 6.07) is -0.537. The van der Waals surface area contributed by atoms with Crippen molar-refractivity contribution < 1.29 is 24.3 Å². The van der Waals surface area contributed by atoms with Crippen LogP contribution in [0.1, 0.15) is 46.5 Å². The molecule has 0 radical (unpaired) electrons. The first kappa shape index (κ1) is 16.9. The average molecular weight is 287 g/mol. The predicted molar refractivity (Wildman–Crippen MR) is 72.6 cm³/mol. The molecule has 6 heteroatoms. The van der Waals surface area contributed by atoms with Gasteiger partial charge in [-0.15, -0.1) is 0 Å². The van der Waals surface area contributed by atoms with E-state index in [1.54, 1.807) is 6.92 Å². The zero-order chi connectivity index (χ0) is 15.1. The molecule has 0 bridgehead atoms. The molecule has 1 N–H and O–H groups in total. The van der Waals surface area contributed by atoms with Crippen molar-refractivity contribution in [1.29, 1.82) is 0 Å². The van der Waals surface area contributed by atoms with Crippen LogP contribution in [0.15, 0.2) is 0 Å². The van der Waals surface area contributed by atoms with Crippen molar-refractivity contribution in [2.75, 3.05) is 6.61 Å². The predicted octanol–water partition coefficient (Wildman–Crippen LogP) is 2.04. The molecule has 1 aliphatic rings. The number of aliphatic carboxylic acids is 1. The molecular weight excluding hydrogens is 262 g/mol. The minimum absolute atomic E-state index is 0.0409. The van der Waals surface area contributed by atoms with Gasteiger partial charge in [0.2, 0.25) is 6.41 Å². The van der Waals surface area contributed by atoms with Crippen molar-refractivity contribution in [2.24, 2.45) is 11.8 Å². The molecule has 0 aromatic heterocycles. The van der Waals surface area contributed by atoms with Gasteiger partial charge in [0.05, 0.1) is 12.0 Å². The average Bonchev–Trinajstić information content (AvgIpc) is 2.45. The van der Waals surface area contributed by atoms with Crippen LogP contribution < -0.4 is 0 Å². The number of hydrogen-bond donors (Lipinski definition) is 1. The van der Waals surface area contributed by atoms with Crippen molar-refractivity contribution in [1.82, 2.24) is 5.06 Å². The molecular formula is C14H25NO5. The van der Waals surface area contributed by atoms with Gasteiger partial charge in [-0.05, 0) is 25.7 Å². The van der Waals surface area contributed by atoms with Crippen LogP contribution in [0, 0.1) is 11.8 Å². The minimum Gasteiger partial charge on any atom is -0.481 e. The second kappa shape index (κ2) is 8.21. The van der Waals surface area contributed by atoms with Crippen LogP contribution in [0.2, 0.25) is 0 Å². The topological polar surface area (TPSA) is 76.1 Å². The van der Waals surface area contributed by atoms with Gasteiger partial charge in [-0.25, -0.2) is 9.90 Å². The highest BCUT2D eigenvalue weighted by Gasteiger charge is 2.34. The van der Waals surface area contributed by atoms with Crippen molar-refractivity contribution >= 4 is 12.4 Å². The summed E-state index contributed by atoms with van der Waals surface area (Å²) in [5.74, 6) is -1.61. The Hall–Kier alpha value is -1.14. The van der Waals surface area contributed by atoms with Crippen molar-refractivity contribution in [3.05, 3.63) is 0 Å². The second-order valence-electron chi connectivity index (χ2n) is 5.36. The molecule has 1 amide bonds. The molecule has 1 unspecified atom stereocenters. The Morgan fingerprint density at radius 1 is 1.50 bits per heavy atom. The van der Waals surface area contributed by atoms with Crippen molar-refractivity contribution in [2.45, 2.75) is 58.8 Å². The van der Waals surface area contributed by atoms with Crippen LogP contribution in [-0.2, 0) is 19.2 Å². The van der Waals surface area contributed by atoms with E-state index in [0.717, 1.165) is 30.7 Å². The second-order valence-corrected chi connectivity index (χ2v) is 5.36. The largest absolute Gasteiger partial charge is 0.481 e. The van der Waals surface area contributed by atoms with Crippen LogP contribution >= 0.6 is 0 Å². The molecule has 6 nitrogen and oxygen atoms in total.